The Morgan fingerprint density at radius 1 is 0.833 bits per heavy atom. The molecular formula is C33H52N9O11P. The molecule has 0 bridgehead atoms. The summed E-state index contributed by atoms with van der Waals surface area (Å²) >= 11 is 0. The number of nitrogens with zero attached hydrogens (tertiary/aromatic N) is 1. The lowest BCUT2D eigenvalue weighted by Gasteiger charge is -2.27. The van der Waals surface area contributed by atoms with Crippen molar-refractivity contribution in [2.75, 3.05) is 6.54 Å². The van der Waals surface area contributed by atoms with Crippen LogP contribution in [0.4, 0.5) is 0 Å². The van der Waals surface area contributed by atoms with Crippen LogP contribution in [-0.2, 0) is 46.2 Å². The van der Waals surface area contributed by atoms with E-state index in [1.807, 2.05) is 0 Å². The van der Waals surface area contributed by atoms with Gasteiger partial charge in [-0.15, -0.1) is 0 Å². The van der Waals surface area contributed by atoms with Crippen LogP contribution in [0.5, 0.6) is 5.75 Å². The number of nitrogens with one attached hydrogen (secondary N) is 6. The first-order chi connectivity index (χ1) is 25.3. The van der Waals surface area contributed by atoms with Crippen LogP contribution in [0.15, 0.2) is 36.8 Å². The Kier molecular flexibility index (Phi) is 18.2. The standard InChI is InChI=1S/C33H52N9O11P/c1-5-24(33(48)49)39-32(47)27(18(2)3)42-28(43)19(4)38-30(45)25(14-20-9-11-22(12-10-20)53-54(50,51)52)41-31(46)26(15-21-16-36-17-37-21)40-29(44)23(35)8-6-7-13-34/h9-12,16-19,23-27H,5-8,13-15,34-35H2,1-4H3,(H,36,37)(H,38,45)(H,39,47)(H,40,44)(H,41,46)(H,42,43)(H,48,49)(H2,50,51,52)/t19-,23-,24-,25-,26-,27-/m0/s1. The zero-order valence-electron chi connectivity index (χ0n) is 30.6. The third-order valence-corrected chi connectivity index (χ3v) is 8.61. The van der Waals surface area contributed by atoms with E-state index in [1.165, 1.54) is 43.7 Å². The van der Waals surface area contributed by atoms with E-state index in [4.69, 9.17) is 21.3 Å². The molecule has 20 nitrogen and oxygen atoms in total. The van der Waals surface area contributed by atoms with Crippen LogP contribution in [0.2, 0.25) is 0 Å². The molecule has 0 saturated carbocycles. The number of hydrogen-bond donors (Lipinski definition) is 11. The minimum absolute atomic E-state index is 0.0614. The number of phosphoric ester groups is 1. The summed E-state index contributed by atoms with van der Waals surface area (Å²) in [5.41, 5.74) is 12.5. The number of rotatable bonds is 23. The SMILES string of the molecule is CC[C@H](NC(=O)[C@@H](NC(=O)[C@H](C)NC(=O)[C@H](Cc1ccc(OP(=O)(O)O)cc1)NC(=O)[C@H](Cc1cnc[nH]1)NC(=O)[C@@H](N)CCCCN)C(C)C)C(=O)O. The third kappa shape index (κ3) is 15.6. The van der Waals surface area contributed by atoms with Crippen LogP contribution in [0, 0.1) is 5.92 Å². The predicted octanol–water partition coefficient (Wildman–Crippen LogP) is -1.28. The molecule has 0 aliphatic rings. The molecular weight excluding hydrogens is 729 g/mol. The first kappa shape index (κ1) is 45.3. The molecule has 5 amide bonds. The maximum absolute atomic E-state index is 13.8. The number of hydrogen-bond acceptors (Lipinski definition) is 11. The number of carbonyl (C=O) groups is 6. The monoisotopic (exact) mass is 781 g/mol. The highest BCUT2D eigenvalue weighted by atomic mass is 31.2. The Morgan fingerprint density at radius 3 is 1.96 bits per heavy atom. The van der Waals surface area contributed by atoms with E-state index in [9.17, 15) is 38.4 Å². The van der Waals surface area contributed by atoms with Crippen LogP contribution >= 0.6 is 7.82 Å². The van der Waals surface area contributed by atoms with Gasteiger partial charge in [0.15, 0.2) is 0 Å². The average molecular weight is 782 g/mol. The zero-order chi connectivity index (χ0) is 40.6. The zero-order valence-corrected chi connectivity index (χ0v) is 31.5. The van der Waals surface area contributed by atoms with Crippen molar-refractivity contribution >= 4 is 43.3 Å². The highest BCUT2D eigenvalue weighted by Gasteiger charge is 2.33. The van der Waals surface area contributed by atoms with Crippen molar-refractivity contribution in [1.82, 2.24) is 36.6 Å². The van der Waals surface area contributed by atoms with Crippen LogP contribution in [0.25, 0.3) is 0 Å². The number of aromatic amines is 1. The summed E-state index contributed by atoms with van der Waals surface area (Å²) in [5, 5.41) is 22.0. The van der Waals surface area contributed by atoms with Gasteiger partial charge in [-0.1, -0.05) is 39.3 Å². The fourth-order valence-corrected chi connectivity index (χ4v) is 5.47. The van der Waals surface area contributed by atoms with E-state index in [0.29, 0.717) is 37.1 Å². The predicted molar refractivity (Wildman–Crippen MR) is 194 cm³/mol. The molecule has 6 atom stereocenters. The number of aromatic nitrogens is 2. The number of unbranched alkanes of at least 4 members (excludes halogenated alkanes) is 1. The minimum atomic E-state index is -4.86. The van der Waals surface area contributed by atoms with Gasteiger partial charge in [0.05, 0.1) is 12.4 Å². The highest BCUT2D eigenvalue weighted by Crippen LogP contribution is 2.37. The Bertz CT molecular complexity index is 1600. The molecule has 0 fully saturated rings. The fraction of sp³-hybridized carbons (Fsp3) is 0.545. The summed E-state index contributed by atoms with van der Waals surface area (Å²) in [4.78, 5) is 103. The van der Waals surface area contributed by atoms with E-state index in [-0.39, 0.29) is 25.0 Å². The number of carboxylic acid groups (broad SMARTS) is 1. The van der Waals surface area contributed by atoms with Crippen LogP contribution in [0.3, 0.4) is 0 Å². The summed E-state index contributed by atoms with van der Waals surface area (Å²) in [5.74, 6) is -5.62. The van der Waals surface area contributed by atoms with Gasteiger partial charge in [-0.2, -0.15) is 0 Å². The lowest BCUT2D eigenvalue weighted by Crippen LogP contribution is -2.60. The molecule has 0 aliphatic heterocycles. The molecule has 2 rings (SSSR count). The number of nitrogens with two attached hydrogens (primary N) is 2. The van der Waals surface area contributed by atoms with Crippen LogP contribution in [0.1, 0.15) is 64.6 Å². The van der Waals surface area contributed by atoms with E-state index in [1.54, 1.807) is 20.8 Å². The lowest BCUT2D eigenvalue weighted by atomic mass is 10.0. The third-order valence-electron chi connectivity index (χ3n) is 8.16. The molecule has 2 aromatic rings. The molecule has 0 unspecified atom stereocenters. The van der Waals surface area contributed by atoms with Crippen molar-refractivity contribution in [3.63, 3.8) is 0 Å². The Labute approximate surface area is 312 Å². The maximum Gasteiger partial charge on any atom is 0.524 e. The van der Waals surface area contributed by atoms with E-state index in [0.717, 1.165) is 0 Å². The van der Waals surface area contributed by atoms with E-state index < -0.39 is 85.5 Å². The Morgan fingerprint density at radius 2 is 1.43 bits per heavy atom. The van der Waals surface area contributed by atoms with Gasteiger partial charge >= 0.3 is 13.8 Å². The second kappa shape index (κ2) is 21.7. The first-order valence-electron chi connectivity index (χ1n) is 17.4. The summed E-state index contributed by atoms with van der Waals surface area (Å²) in [6.45, 7) is 6.62. The van der Waals surface area contributed by atoms with Gasteiger partial charge in [-0.3, -0.25) is 33.8 Å². The van der Waals surface area contributed by atoms with Crippen molar-refractivity contribution in [3.8, 4) is 5.75 Å². The van der Waals surface area contributed by atoms with Crippen molar-refractivity contribution in [2.45, 2.75) is 102 Å². The van der Waals surface area contributed by atoms with Crippen molar-refractivity contribution in [3.05, 3.63) is 48.0 Å². The summed E-state index contributed by atoms with van der Waals surface area (Å²) in [6.07, 6.45) is 4.22. The van der Waals surface area contributed by atoms with Crippen molar-refractivity contribution in [1.29, 1.82) is 0 Å². The highest BCUT2D eigenvalue weighted by molar-refractivity contribution is 7.46. The molecule has 1 heterocycles. The molecule has 13 N–H and O–H groups in total. The Hall–Kier alpha value is -4.88. The maximum atomic E-state index is 13.8. The molecule has 0 aliphatic carbocycles. The number of carboxylic acids is 1. The average Bonchev–Trinajstić information content (AvgIpc) is 3.61. The molecule has 21 heteroatoms. The molecule has 0 spiro atoms. The lowest BCUT2D eigenvalue weighted by molar-refractivity contribution is -0.142. The molecule has 54 heavy (non-hydrogen) atoms. The summed E-state index contributed by atoms with van der Waals surface area (Å²) < 4.78 is 15.8. The van der Waals surface area contributed by atoms with Crippen LogP contribution in [-0.4, -0.2) is 103 Å². The topological polar surface area (TPSA) is 330 Å². The first-order valence-corrected chi connectivity index (χ1v) is 18.9. The summed E-state index contributed by atoms with van der Waals surface area (Å²) in [6, 6.07) is -1.85. The molecule has 1 aromatic heterocycles. The van der Waals surface area contributed by atoms with Gasteiger partial charge in [0.2, 0.25) is 29.5 Å². The quantitative estimate of drug-likeness (QED) is 0.0462. The number of carbonyl (C=O) groups excluding carboxylic acids is 5. The molecule has 300 valence electrons. The van der Waals surface area contributed by atoms with Gasteiger partial charge in [0, 0.05) is 24.7 Å². The number of aliphatic carboxylic acids is 1. The number of H-pyrrole nitrogens is 1. The number of phosphoric acid groups is 1. The molecule has 1 aromatic carbocycles. The smallest absolute Gasteiger partial charge is 0.480 e. The number of imidazole rings is 1. The normalized spacial score (nSPS) is 14.8. The van der Waals surface area contributed by atoms with Gasteiger partial charge in [0.1, 0.15) is 36.0 Å². The fourth-order valence-electron chi connectivity index (χ4n) is 5.08. The van der Waals surface area contributed by atoms with E-state index >= 15 is 0 Å². The van der Waals surface area contributed by atoms with Gasteiger partial charge in [-0.25, -0.2) is 14.3 Å². The van der Waals surface area contributed by atoms with Gasteiger partial charge in [-0.05, 0) is 56.3 Å². The molecule has 0 saturated heterocycles. The number of amides is 5. The van der Waals surface area contributed by atoms with Crippen molar-refractivity contribution < 1.29 is 52.7 Å². The summed E-state index contributed by atoms with van der Waals surface area (Å²) in [7, 11) is -4.86. The Balaban J connectivity index is 2.33. The van der Waals surface area contributed by atoms with Crippen LogP contribution < -0.4 is 42.6 Å². The van der Waals surface area contributed by atoms with E-state index in [2.05, 4.69) is 41.1 Å². The number of benzene rings is 1. The van der Waals surface area contributed by atoms with Gasteiger partial charge < -0.3 is 52.7 Å². The second-order valence-electron chi connectivity index (χ2n) is 13.0. The van der Waals surface area contributed by atoms with Crippen molar-refractivity contribution in [2.24, 2.45) is 17.4 Å². The molecule has 0 radical (unpaired) electrons. The minimum Gasteiger partial charge on any atom is -0.480 e. The van der Waals surface area contributed by atoms with Gasteiger partial charge in [0.25, 0.3) is 0 Å². The second-order valence-corrected chi connectivity index (χ2v) is 14.2. The largest absolute Gasteiger partial charge is 0.524 e.